The summed E-state index contributed by atoms with van der Waals surface area (Å²) < 4.78 is 10.5. The molecule has 1 amide bonds. The molecular weight excluding hydrogens is 242 g/mol. The number of hydrogen-bond donors (Lipinski definition) is 1. The number of methoxy groups -OCH3 is 2. The molecule has 0 saturated heterocycles. The fraction of sp³-hybridized carbons (Fsp3) is 0.533. The van der Waals surface area contributed by atoms with Gasteiger partial charge in [-0.2, -0.15) is 0 Å². The largest absolute Gasteiger partial charge is 0.497 e. The summed E-state index contributed by atoms with van der Waals surface area (Å²) in [6, 6.07) is 5.51. The summed E-state index contributed by atoms with van der Waals surface area (Å²) in [7, 11) is 3.23. The quantitative estimate of drug-likeness (QED) is 0.860. The van der Waals surface area contributed by atoms with E-state index in [4.69, 9.17) is 9.47 Å². The van der Waals surface area contributed by atoms with Crippen molar-refractivity contribution in [2.75, 3.05) is 14.2 Å². The molecule has 0 aliphatic rings. The van der Waals surface area contributed by atoms with Gasteiger partial charge in [0.25, 0.3) is 0 Å². The molecule has 0 fully saturated rings. The molecule has 0 saturated carbocycles. The fourth-order valence-corrected chi connectivity index (χ4v) is 1.93. The number of carbonyl (C=O) groups excluding carboxylic acids is 1. The van der Waals surface area contributed by atoms with E-state index in [2.05, 4.69) is 5.32 Å². The number of benzene rings is 1. The molecule has 0 spiro atoms. The molecule has 4 heteroatoms. The second kappa shape index (κ2) is 7.02. The van der Waals surface area contributed by atoms with E-state index in [1.165, 1.54) is 0 Å². The van der Waals surface area contributed by atoms with Gasteiger partial charge in [0.2, 0.25) is 5.91 Å². The van der Waals surface area contributed by atoms with Crippen LogP contribution in [0, 0.1) is 5.92 Å². The molecule has 1 unspecified atom stereocenters. The number of nitrogens with one attached hydrogen (secondary N) is 1. The van der Waals surface area contributed by atoms with E-state index in [1.807, 2.05) is 39.0 Å². The topological polar surface area (TPSA) is 47.6 Å². The summed E-state index contributed by atoms with van der Waals surface area (Å²) in [6.45, 7) is 6.00. The van der Waals surface area contributed by atoms with E-state index >= 15 is 0 Å². The molecule has 19 heavy (non-hydrogen) atoms. The van der Waals surface area contributed by atoms with Crippen molar-refractivity contribution in [1.29, 1.82) is 0 Å². The Morgan fingerprint density at radius 3 is 2.42 bits per heavy atom. The van der Waals surface area contributed by atoms with Crippen LogP contribution in [0.2, 0.25) is 0 Å². The maximum absolute atomic E-state index is 11.8. The van der Waals surface area contributed by atoms with E-state index in [0.29, 0.717) is 12.3 Å². The highest BCUT2D eigenvalue weighted by Crippen LogP contribution is 2.29. The van der Waals surface area contributed by atoms with Crippen LogP contribution in [0.3, 0.4) is 0 Å². The number of rotatable bonds is 6. The lowest BCUT2D eigenvalue weighted by Gasteiger charge is -2.18. The third-order valence-electron chi connectivity index (χ3n) is 2.88. The zero-order valence-corrected chi connectivity index (χ0v) is 12.3. The Morgan fingerprint density at radius 2 is 1.89 bits per heavy atom. The molecule has 0 bridgehead atoms. The molecule has 1 aromatic carbocycles. The van der Waals surface area contributed by atoms with Crippen LogP contribution in [-0.2, 0) is 4.79 Å². The van der Waals surface area contributed by atoms with Gasteiger partial charge in [-0.15, -0.1) is 0 Å². The van der Waals surface area contributed by atoms with Gasteiger partial charge in [0, 0.05) is 18.1 Å². The summed E-state index contributed by atoms with van der Waals surface area (Å²) >= 11 is 0. The summed E-state index contributed by atoms with van der Waals surface area (Å²) in [5.74, 6) is 1.86. The highest BCUT2D eigenvalue weighted by Gasteiger charge is 2.15. The van der Waals surface area contributed by atoms with Gasteiger partial charge in [0.15, 0.2) is 0 Å². The van der Waals surface area contributed by atoms with Crippen LogP contribution in [0.4, 0.5) is 0 Å². The Labute approximate surface area is 115 Å². The third-order valence-corrected chi connectivity index (χ3v) is 2.88. The molecule has 0 radical (unpaired) electrons. The van der Waals surface area contributed by atoms with Crippen LogP contribution in [-0.4, -0.2) is 20.1 Å². The fourth-order valence-electron chi connectivity index (χ4n) is 1.93. The lowest BCUT2D eigenvalue weighted by atomic mass is 10.1. The molecule has 1 aromatic rings. The third kappa shape index (κ3) is 4.47. The molecule has 0 aromatic heterocycles. The maximum Gasteiger partial charge on any atom is 0.220 e. The average Bonchev–Trinajstić information content (AvgIpc) is 2.36. The van der Waals surface area contributed by atoms with Gasteiger partial charge in [0.05, 0.1) is 20.3 Å². The van der Waals surface area contributed by atoms with Crippen LogP contribution >= 0.6 is 0 Å². The Hall–Kier alpha value is -1.71. The minimum Gasteiger partial charge on any atom is -0.497 e. The first-order chi connectivity index (χ1) is 8.97. The van der Waals surface area contributed by atoms with E-state index in [1.54, 1.807) is 14.2 Å². The van der Waals surface area contributed by atoms with E-state index in [0.717, 1.165) is 17.1 Å². The summed E-state index contributed by atoms with van der Waals surface area (Å²) in [5, 5.41) is 2.98. The summed E-state index contributed by atoms with van der Waals surface area (Å²) in [6.07, 6.45) is 0.531. The summed E-state index contributed by atoms with van der Waals surface area (Å²) in [5.41, 5.74) is 0.945. The molecule has 1 atom stereocenters. The van der Waals surface area contributed by atoms with Crippen LogP contribution in [0.5, 0.6) is 11.5 Å². The van der Waals surface area contributed by atoms with Gasteiger partial charge in [0.1, 0.15) is 11.5 Å². The minimum absolute atomic E-state index is 0.0559. The minimum atomic E-state index is -0.0906. The smallest absolute Gasteiger partial charge is 0.220 e. The summed E-state index contributed by atoms with van der Waals surface area (Å²) in [4.78, 5) is 11.8. The molecule has 1 rings (SSSR count). The monoisotopic (exact) mass is 265 g/mol. The van der Waals surface area contributed by atoms with Crippen molar-refractivity contribution in [2.24, 2.45) is 5.92 Å². The first kappa shape index (κ1) is 15.3. The molecule has 0 heterocycles. The Morgan fingerprint density at radius 1 is 1.21 bits per heavy atom. The van der Waals surface area contributed by atoms with Gasteiger partial charge in [-0.25, -0.2) is 0 Å². The molecule has 0 aliphatic heterocycles. The van der Waals surface area contributed by atoms with E-state index in [-0.39, 0.29) is 11.9 Å². The molecular formula is C15H23NO3. The van der Waals surface area contributed by atoms with Crippen molar-refractivity contribution < 1.29 is 14.3 Å². The van der Waals surface area contributed by atoms with Gasteiger partial charge >= 0.3 is 0 Å². The van der Waals surface area contributed by atoms with Gasteiger partial charge < -0.3 is 14.8 Å². The number of hydrogen-bond acceptors (Lipinski definition) is 3. The highest BCUT2D eigenvalue weighted by molar-refractivity contribution is 5.76. The standard InChI is InChI=1S/C15H23NO3/c1-10(2)8-15(17)16-11(3)13-7-6-12(18-4)9-14(13)19-5/h6-7,9-11H,8H2,1-5H3,(H,16,17). The highest BCUT2D eigenvalue weighted by atomic mass is 16.5. The van der Waals surface area contributed by atoms with E-state index in [9.17, 15) is 4.79 Å². The lowest BCUT2D eigenvalue weighted by molar-refractivity contribution is -0.122. The SMILES string of the molecule is COc1ccc(C(C)NC(=O)CC(C)C)c(OC)c1. The Balaban J connectivity index is 2.81. The van der Waals surface area contributed by atoms with Crippen molar-refractivity contribution in [3.05, 3.63) is 23.8 Å². The van der Waals surface area contributed by atoms with Crippen molar-refractivity contribution >= 4 is 5.91 Å². The van der Waals surface area contributed by atoms with Crippen LogP contribution < -0.4 is 14.8 Å². The molecule has 4 nitrogen and oxygen atoms in total. The van der Waals surface area contributed by atoms with Gasteiger partial charge in [-0.05, 0) is 25.0 Å². The second-order valence-electron chi connectivity index (χ2n) is 5.00. The molecule has 1 N–H and O–H groups in total. The first-order valence-electron chi connectivity index (χ1n) is 6.49. The normalized spacial score (nSPS) is 12.1. The first-order valence-corrected chi connectivity index (χ1v) is 6.49. The van der Waals surface area contributed by atoms with Crippen LogP contribution in [0.25, 0.3) is 0 Å². The van der Waals surface area contributed by atoms with Gasteiger partial charge in [-0.3, -0.25) is 4.79 Å². The average molecular weight is 265 g/mol. The number of amides is 1. The maximum atomic E-state index is 11.8. The van der Waals surface area contributed by atoms with Crippen molar-refractivity contribution in [3.8, 4) is 11.5 Å². The number of carbonyl (C=O) groups is 1. The zero-order valence-electron chi connectivity index (χ0n) is 12.3. The van der Waals surface area contributed by atoms with Gasteiger partial charge in [-0.1, -0.05) is 13.8 Å². The second-order valence-corrected chi connectivity index (χ2v) is 5.00. The van der Waals surface area contributed by atoms with Crippen LogP contribution in [0.15, 0.2) is 18.2 Å². The lowest BCUT2D eigenvalue weighted by Crippen LogP contribution is -2.27. The predicted octanol–water partition coefficient (Wildman–Crippen LogP) is 2.93. The van der Waals surface area contributed by atoms with Crippen molar-refractivity contribution in [3.63, 3.8) is 0 Å². The number of ether oxygens (including phenoxy) is 2. The van der Waals surface area contributed by atoms with E-state index < -0.39 is 0 Å². The van der Waals surface area contributed by atoms with Crippen molar-refractivity contribution in [2.45, 2.75) is 33.2 Å². The molecule has 106 valence electrons. The van der Waals surface area contributed by atoms with Crippen molar-refractivity contribution in [1.82, 2.24) is 5.32 Å². The van der Waals surface area contributed by atoms with Crippen LogP contribution in [0.1, 0.15) is 38.8 Å². The zero-order chi connectivity index (χ0) is 14.4. The Kier molecular flexibility index (Phi) is 5.67. The predicted molar refractivity (Wildman–Crippen MR) is 75.6 cm³/mol. The molecule has 0 aliphatic carbocycles. The Bertz CT molecular complexity index is 429.